The van der Waals surface area contributed by atoms with Crippen LogP contribution in [0.2, 0.25) is 0 Å². The van der Waals surface area contributed by atoms with Crippen LogP contribution < -0.4 is 4.90 Å². The molecule has 2 nitrogen and oxygen atoms in total. The van der Waals surface area contributed by atoms with Crippen LogP contribution in [-0.4, -0.2) is 0 Å². The third kappa shape index (κ3) is 5.36. The summed E-state index contributed by atoms with van der Waals surface area (Å²) in [6, 6.07) is 76.0. The van der Waals surface area contributed by atoms with Gasteiger partial charge in [-0.15, -0.1) is 0 Å². The molecule has 0 bridgehead atoms. The number of fused-ring (bicyclic) bond motifs is 4. The van der Waals surface area contributed by atoms with E-state index in [0.29, 0.717) is 0 Å². The molecule has 9 aromatic carbocycles. The summed E-state index contributed by atoms with van der Waals surface area (Å²) < 4.78 is 6.61. The second kappa shape index (κ2) is 13.4. The van der Waals surface area contributed by atoms with E-state index in [1.165, 1.54) is 10.8 Å². The van der Waals surface area contributed by atoms with Crippen LogP contribution >= 0.6 is 0 Å². The SMILES string of the molecule is c1ccc(-c2ccccc2N(c2c(-c3ccccc3)cccc2-c2c(-c3ccccc3)ccc3oc4ccccc4c23)c2cccc3ccccc23)cc1. The average molecular weight is 690 g/mol. The Hall–Kier alpha value is -7.16. The second-order valence-corrected chi connectivity index (χ2v) is 13.6. The Kier molecular flexibility index (Phi) is 7.85. The van der Waals surface area contributed by atoms with Crippen LogP contribution in [0.4, 0.5) is 17.1 Å². The number of furan rings is 1. The molecule has 0 saturated carbocycles. The van der Waals surface area contributed by atoms with E-state index < -0.39 is 0 Å². The molecule has 0 aliphatic heterocycles. The van der Waals surface area contributed by atoms with Crippen molar-refractivity contribution in [3.05, 3.63) is 212 Å². The van der Waals surface area contributed by atoms with Crippen molar-refractivity contribution in [1.82, 2.24) is 0 Å². The fourth-order valence-corrected chi connectivity index (χ4v) is 8.10. The van der Waals surface area contributed by atoms with Gasteiger partial charge < -0.3 is 9.32 Å². The summed E-state index contributed by atoms with van der Waals surface area (Å²) >= 11 is 0. The molecule has 0 unspecified atom stereocenters. The van der Waals surface area contributed by atoms with Crippen molar-refractivity contribution < 1.29 is 4.42 Å². The number of hydrogen-bond donors (Lipinski definition) is 0. The van der Waals surface area contributed by atoms with Gasteiger partial charge in [-0.2, -0.15) is 0 Å². The third-order valence-electron chi connectivity index (χ3n) is 10.5. The molecule has 0 spiro atoms. The Labute approximate surface area is 314 Å². The lowest BCUT2D eigenvalue weighted by atomic mass is 9.86. The number of hydrogen-bond acceptors (Lipinski definition) is 2. The number of anilines is 3. The van der Waals surface area contributed by atoms with E-state index in [-0.39, 0.29) is 0 Å². The van der Waals surface area contributed by atoms with E-state index in [9.17, 15) is 0 Å². The monoisotopic (exact) mass is 689 g/mol. The highest BCUT2D eigenvalue weighted by molar-refractivity contribution is 6.19. The lowest BCUT2D eigenvalue weighted by molar-refractivity contribution is 0.669. The molecule has 0 N–H and O–H groups in total. The summed E-state index contributed by atoms with van der Waals surface area (Å²) in [6.07, 6.45) is 0. The van der Waals surface area contributed by atoms with Crippen molar-refractivity contribution in [2.45, 2.75) is 0 Å². The Morgan fingerprint density at radius 2 is 0.833 bits per heavy atom. The molecule has 54 heavy (non-hydrogen) atoms. The highest BCUT2D eigenvalue weighted by Gasteiger charge is 2.28. The predicted octanol–water partition coefficient (Wildman–Crippen LogP) is 14.9. The van der Waals surface area contributed by atoms with Crippen LogP contribution in [0, 0.1) is 0 Å². The van der Waals surface area contributed by atoms with Gasteiger partial charge in [-0.05, 0) is 51.9 Å². The van der Waals surface area contributed by atoms with Gasteiger partial charge >= 0.3 is 0 Å². The molecule has 10 rings (SSSR count). The largest absolute Gasteiger partial charge is 0.456 e. The molecule has 0 fully saturated rings. The lowest BCUT2D eigenvalue weighted by Crippen LogP contribution is -2.14. The maximum absolute atomic E-state index is 6.61. The van der Waals surface area contributed by atoms with E-state index in [1.54, 1.807) is 0 Å². The molecule has 2 heteroatoms. The maximum atomic E-state index is 6.61. The number of benzene rings is 9. The summed E-state index contributed by atoms with van der Waals surface area (Å²) in [5.74, 6) is 0. The fraction of sp³-hybridized carbons (Fsp3) is 0. The van der Waals surface area contributed by atoms with Crippen molar-refractivity contribution in [2.75, 3.05) is 4.90 Å². The zero-order valence-corrected chi connectivity index (χ0v) is 29.6. The quantitative estimate of drug-likeness (QED) is 0.166. The standard InChI is InChI=1S/C52H35NO/c1-4-18-36(19-5-1)40-27-12-14-31-46(40)53(47-32-16-25-37-24-10-11-26-41(37)47)52-43(39-22-8-3-9-23-39)29-17-30-45(52)50-42(38-20-6-2-7-21-38)34-35-49-51(50)44-28-13-15-33-48(44)54-49/h1-35H. The average Bonchev–Trinajstić information content (AvgIpc) is 3.64. The van der Waals surface area contributed by atoms with Crippen LogP contribution in [0.1, 0.15) is 0 Å². The summed E-state index contributed by atoms with van der Waals surface area (Å²) in [5.41, 5.74) is 14.2. The van der Waals surface area contributed by atoms with Gasteiger partial charge in [0.2, 0.25) is 0 Å². The third-order valence-corrected chi connectivity index (χ3v) is 10.5. The lowest BCUT2D eigenvalue weighted by Gasteiger charge is -2.33. The fourth-order valence-electron chi connectivity index (χ4n) is 8.10. The highest BCUT2D eigenvalue weighted by atomic mass is 16.3. The first kappa shape index (κ1) is 31.6. The van der Waals surface area contributed by atoms with Crippen LogP contribution in [0.5, 0.6) is 0 Å². The zero-order valence-electron chi connectivity index (χ0n) is 29.6. The van der Waals surface area contributed by atoms with E-state index in [2.05, 4.69) is 211 Å². The first-order chi connectivity index (χ1) is 26.8. The number of rotatable bonds is 7. The van der Waals surface area contributed by atoms with Gasteiger partial charge in [0.05, 0.1) is 17.1 Å². The molecule has 0 aliphatic rings. The van der Waals surface area contributed by atoms with Gasteiger partial charge in [0.25, 0.3) is 0 Å². The maximum Gasteiger partial charge on any atom is 0.136 e. The normalized spacial score (nSPS) is 11.3. The molecule has 1 heterocycles. The molecule has 0 saturated heterocycles. The summed E-state index contributed by atoms with van der Waals surface area (Å²) in [4.78, 5) is 2.51. The number of para-hydroxylation sites is 3. The number of nitrogens with zero attached hydrogens (tertiary/aromatic N) is 1. The molecule has 0 aliphatic carbocycles. The van der Waals surface area contributed by atoms with Crippen molar-refractivity contribution in [3.63, 3.8) is 0 Å². The molecule has 0 amide bonds. The van der Waals surface area contributed by atoms with Gasteiger partial charge in [0.1, 0.15) is 11.2 Å². The summed E-state index contributed by atoms with van der Waals surface area (Å²) in [7, 11) is 0. The zero-order chi connectivity index (χ0) is 35.8. The van der Waals surface area contributed by atoms with Gasteiger partial charge in [0, 0.05) is 38.4 Å². The smallest absolute Gasteiger partial charge is 0.136 e. The molecule has 0 radical (unpaired) electrons. The van der Waals surface area contributed by atoms with E-state index in [1.807, 2.05) is 6.07 Å². The van der Waals surface area contributed by atoms with Gasteiger partial charge in [0.15, 0.2) is 0 Å². The second-order valence-electron chi connectivity index (χ2n) is 13.6. The molecule has 10 aromatic rings. The summed E-state index contributed by atoms with van der Waals surface area (Å²) in [6.45, 7) is 0. The van der Waals surface area contributed by atoms with Gasteiger partial charge in [-0.3, -0.25) is 0 Å². The van der Waals surface area contributed by atoms with Crippen molar-refractivity contribution in [2.24, 2.45) is 0 Å². The molecule has 1 aromatic heterocycles. The minimum atomic E-state index is 0.864. The molecule has 254 valence electrons. The minimum Gasteiger partial charge on any atom is -0.456 e. The van der Waals surface area contributed by atoms with E-state index in [0.717, 1.165) is 83.5 Å². The van der Waals surface area contributed by atoms with E-state index >= 15 is 0 Å². The first-order valence-corrected chi connectivity index (χ1v) is 18.4. The predicted molar refractivity (Wildman–Crippen MR) is 228 cm³/mol. The Bertz CT molecular complexity index is 2920. The van der Waals surface area contributed by atoms with Gasteiger partial charge in [-0.1, -0.05) is 188 Å². The molecule has 0 atom stereocenters. The van der Waals surface area contributed by atoms with Crippen LogP contribution in [0.3, 0.4) is 0 Å². The summed E-state index contributed by atoms with van der Waals surface area (Å²) in [5, 5.41) is 4.56. The van der Waals surface area contributed by atoms with Crippen LogP contribution in [-0.2, 0) is 0 Å². The highest BCUT2D eigenvalue weighted by Crippen LogP contribution is 2.53. The Morgan fingerprint density at radius 1 is 0.315 bits per heavy atom. The topological polar surface area (TPSA) is 16.4 Å². The van der Waals surface area contributed by atoms with Gasteiger partial charge in [-0.25, -0.2) is 0 Å². The minimum absolute atomic E-state index is 0.864. The van der Waals surface area contributed by atoms with Crippen LogP contribution in [0.15, 0.2) is 217 Å². The molecular weight excluding hydrogens is 655 g/mol. The van der Waals surface area contributed by atoms with Crippen LogP contribution in [0.25, 0.3) is 77.2 Å². The Balaban J connectivity index is 1.41. The molecular formula is C52H35NO. The van der Waals surface area contributed by atoms with Crippen molar-refractivity contribution in [1.29, 1.82) is 0 Å². The van der Waals surface area contributed by atoms with E-state index in [4.69, 9.17) is 4.42 Å². The Morgan fingerprint density at radius 3 is 1.59 bits per heavy atom. The van der Waals surface area contributed by atoms with Crippen molar-refractivity contribution >= 4 is 49.8 Å². The first-order valence-electron chi connectivity index (χ1n) is 18.4. The van der Waals surface area contributed by atoms with Crippen molar-refractivity contribution in [3.8, 4) is 44.5 Å².